The number of hydrogen-bond acceptors (Lipinski definition) is 3. The number of fused-ring (bicyclic) bond motifs is 11. The van der Waals surface area contributed by atoms with Crippen LogP contribution in [0.25, 0.3) is 94.2 Å². The van der Waals surface area contributed by atoms with Crippen molar-refractivity contribution in [2.75, 3.05) is 10.2 Å². The highest BCUT2D eigenvalue weighted by Crippen LogP contribution is 2.47. The average Bonchev–Trinajstić information content (AvgIpc) is 1.55. The highest BCUT2D eigenvalue weighted by Gasteiger charge is 2.25. The van der Waals surface area contributed by atoms with Crippen molar-refractivity contribution in [3.05, 3.63) is 389 Å². The molecule has 0 saturated heterocycles. The molecule has 5 nitrogen and oxygen atoms in total. The summed E-state index contributed by atoms with van der Waals surface area (Å²) in [5, 5.41) is 9.32. The second-order valence-electron chi connectivity index (χ2n) is 21.3. The van der Waals surface area contributed by atoms with Crippen LogP contribution in [0.5, 0.6) is 0 Å². The van der Waals surface area contributed by atoms with Crippen LogP contribution in [-0.4, -0.2) is 9.13 Å². The minimum atomic E-state index is 0.807. The first kappa shape index (κ1) is 60.8. The molecule has 5 heteroatoms. The lowest BCUT2D eigenvalue weighted by atomic mass is 10.0. The van der Waals surface area contributed by atoms with Crippen LogP contribution in [0.15, 0.2) is 377 Å². The van der Waals surface area contributed by atoms with Crippen molar-refractivity contribution in [2.24, 2.45) is 0 Å². The van der Waals surface area contributed by atoms with Gasteiger partial charge in [-0.25, -0.2) is 0 Å². The molecule has 0 aliphatic heterocycles. The van der Waals surface area contributed by atoms with E-state index in [1.807, 2.05) is 122 Å². The van der Waals surface area contributed by atoms with E-state index in [-0.39, 0.29) is 0 Å². The molecule has 3 aromatic heterocycles. The Kier molecular flexibility index (Phi) is 19.8. The Morgan fingerprint density at radius 3 is 1.85 bits per heavy atom. The zero-order chi connectivity index (χ0) is 62.7. The number of furan rings is 1. The highest BCUT2D eigenvalue weighted by molar-refractivity contribution is 6.30. The van der Waals surface area contributed by atoms with Gasteiger partial charge >= 0.3 is 0 Å². The average molecular weight is 1180 g/mol. The number of anilines is 3. The predicted molar refractivity (Wildman–Crippen MR) is 398 cm³/mol. The van der Waals surface area contributed by atoms with E-state index in [2.05, 4.69) is 277 Å². The fourth-order valence-corrected chi connectivity index (χ4v) is 11.5. The van der Waals surface area contributed by atoms with Gasteiger partial charge in [-0.2, -0.15) is 0 Å². The molecule has 0 fully saturated rings. The van der Waals surface area contributed by atoms with E-state index < -0.39 is 0 Å². The number of rotatable bonds is 18. The number of benzene rings is 8. The normalized spacial score (nSPS) is 16.0. The Morgan fingerprint density at radius 1 is 0.516 bits per heavy atom. The molecule has 1 aliphatic carbocycles. The van der Waals surface area contributed by atoms with Gasteiger partial charge in [-0.3, -0.25) is 0 Å². The first-order valence-corrected chi connectivity index (χ1v) is 30.6. The number of nitrogens with zero attached hydrogens (tertiary/aromatic N) is 3. The predicted octanol–water partition coefficient (Wildman–Crippen LogP) is 24.0. The van der Waals surface area contributed by atoms with Crippen LogP contribution in [0.2, 0.25) is 0 Å². The third-order valence-corrected chi connectivity index (χ3v) is 15.6. The SMILES string of the molecule is C/C=C\C=C\Nc1ccccc1.C=C/C=C\C(=C/C)N(c1ccccc1)c1ccc2c(c1)c1c3oc4c(ccc5c4c4cc(C=C)ccc4n5C(/C=C(\C=C\C=C\C=C)c4ccccc4)=C/C=C)c3ccc1n2C1=C/C(c2ccccc2)=C\C=C/C=C\C=C\C=C\1. The Hall–Kier alpha value is -11.9. The molecule has 442 valence electrons. The summed E-state index contributed by atoms with van der Waals surface area (Å²) in [6.45, 7) is 20.4. The van der Waals surface area contributed by atoms with Gasteiger partial charge in [0, 0.05) is 61.9 Å². The number of allylic oxidation sites excluding steroid dienone is 29. The number of hydrogen-bond donors (Lipinski definition) is 1. The number of para-hydroxylation sites is 2. The van der Waals surface area contributed by atoms with E-state index in [9.17, 15) is 0 Å². The van der Waals surface area contributed by atoms with Crippen molar-refractivity contribution in [1.29, 1.82) is 0 Å². The molecule has 0 unspecified atom stereocenters. The van der Waals surface area contributed by atoms with E-state index in [1.165, 1.54) is 0 Å². The van der Waals surface area contributed by atoms with Crippen molar-refractivity contribution >= 4 is 111 Å². The molecule has 0 bridgehead atoms. The largest absolute Gasteiger partial charge is 0.455 e. The van der Waals surface area contributed by atoms with E-state index >= 15 is 0 Å². The fraction of sp³-hybridized carbons (Fsp3) is 0.0233. The third kappa shape index (κ3) is 13.5. The molecule has 1 N–H and O–H groups in total. The van der Waals surface area contributed by atoms with Gasteiger partial charge in [0.15, 0.2) is 0 Å². The summed E-state index contributed by atoms with van der Waals surface area (Å²) in [6, 6.07) is 63.9. The lowest BCUT2D eigenvalue weighted by molar-refractivity contribution is 0.677. The van der Waals surface area contributed by atoms with Crippen molar-refractivity contribution in [3.8, 4) is 0 Å². The molecular formula is C86H72N4O. The van der Waals surface area contributed by atoms with Gasteiger partial charge in [-0.1, -0.05) is 251 Å². The lowest BCUT2D eigenvalue weighted by Gasteiger charge is -2.26. The van der Waals surface area contributed by atoms with E-state index in [4.69, 9.17) is 4.42 Å². The monoisotopic (exact) mass is 1180 g/mol. The molecule has 91 heavy (non-hydrogen) atoms. The van der Waals surface area contributed by atoms with Gasteiger partial charge in [-0.15, -0.1) is 0 Å². The van der Waals surface area contributed by atoms with Crippen molar-refractivity contribution < 1.29 is 4.42 Å². The van der Waals surface area contributed by atoms with Crippen LogP contribution in [-0.2, 0) is 0 Å². The molecule has 12 rings (SSSR count). The second-order valence-corrected chi connectivity index (χ2v) is 21.3. The van der Waals surface area contributed by atoms with Gasteiger partial charge in [0.05, 0.1) is 32.8 Å². The zero-order valence-corrected chi connectivity index (χ0v) is 51.5. The topological polar surface area (TPSA) is 38.3 Å². The Bertz CT molecular complexity index is 4950. The Labute approximate surface area is 534 Å². The van der Waals surface area contributed by atoms with Crippen LogP contribution >= 0.6 is 0 Å². The summed E-state index contributed by atoms with van der Waals surface area (Å²) in [6.07, 6.45) is 55.0. The van der Waals surface area contributed by atoms with Gasteiger partial charge in [0.1, 0.15) is 11.2 Å². The third-order valence-electron chi connectivity index (χ3n) is 15.6. The van der Waals surface area contributed by atoms with E-state index in [0.717, 1.165) is 128 Å². The first-order chi connectivity index (χ1) is 45.0. The summed E-state index contributed by atoms with van der Waals surface area (Å²) >= 11 is 0. The Balaban J connectivity index is 0.000000637. The molecular weight excluding hydrogens is 1100 g/mol. The minimum Gasteiger partial charge on any atom is -0.455 e. The lowest BCUT2D eigenvalue weighted by Crippen LogP contribution is -2.15. The smallest absolute Gasteiger partial charge is 0.145 e. The standard InChI is InChI=1S/C75H59N3O.C11H13N/c1-6-11-13-22-36-57(55-32-24-19-25-33-55)51-61(31-8-3)77-68-46-42-54(9-4)50-66(68)72-70(77)48-44-64-65-45-49-71-73(75(65)79-74(64)72)67-53-63(76(59(10-5)38-12-7-2)60-39-29-21-30-40-60)43-47-69(67)78(71)62-41-28-18-16-14-15-17-23-37-58(52-62)56-34-26-20-27-35-56;1-2-3-7-10-12-11-8-5-4-6-9-11/h6-53H,1-4H2,5H3;2-10,12H,1H3/b13-11+,15-14-,16-14?,17-15?,18-16+,23-17-,28-18?,36-22+,37-23?,38-12-,41-28+,57-51+,58-37+,58-52?,59-10+,61-31+,62-41?,62-52+;3-2-,10-7+. The van der Waals surface area contributed by atoms with Crippen LogP contribution in [0.3, 0.4) is 0 Å². The number of aromatic nitrogens is 2. The second kappa shape index (κ2) is 29.7. The summed E-state index contributed by atoms with van der Waals surface area (Å²) in [4.78, 5) is 2.30. The molecule has 0 amide bonds. The minimum absolute atomic E-state index is 0.807. The summed E-state index contributed by atoms with van der Waals surface area (Å²) in [5.74, 6) is 0. The molecule has 0 saturated carbocycles. The summed E-state index contributed by atoms with van der Waals surface area (Å²) in [5.41, 5.74) is 17.1. The molecule has 1 aliphatic rings. The van der Waals surface area contributed by atoms with Gasteiger partial charge in [0.25, 0.3) is 0 Å². The van der Waals surface area contributed by atoms with Crippen LogP contribution in [0.4, 0.5) is 17.1 Å². The first-order valence-electron chi connectivity index (χ1n) is 30.6. The molecule has 11 aromatic rings. The summed E-state index contributed by atoms with van der Waals surface area (Å²) < 4.78 is 12.3. The van der Waals surface area contributed by atoms with Gasteiger partial charge < -0.3 is 23.8 Å². The van der Waals surface area contributed by atoms with Crippen LogP contribution in [0.1, 0.15) is 30.5 Å². The van der Waals surface area contributed by atoms with Crippen molar-refractivity contribution in [2.45, 2.75) is 13.8 Å². The fourth-order valence-electron chi connectivity index (χ4n) is 11.5. The summed E-state index contributed by atoms with van der Waals surface area (Å²) in [7, 11) is 0. The molecule has 0 radical (unpaired) electrons. The zero-order valence-electron chi connectivity index (χ0n) is 51.5. The maximum atomic E-state index is 7.60. The molecule has 0 spiro atoms. The van der Waals surface area contributed by atoms with E-state index in [1.54, 1.807) is 6.08 Å². The van der Waals surface area contributed by atoms with Crippen LogP contribution < -0.4 is 10.2 Å². The van der Waals surface area contributed by atoms with Crippen molar-refractivity contribution in [3.63, 3.8) is 0 Å². The highest BCUT2D eigenvalue weighted by atomic mass is 16.3. The molecule has 0 atom stereocenters. The quantitative estimate of drug-likeness (QED) is 0.0870. The van der Waals surface area contributed by atoms with E-state index in [0.29, 0.717) is 0 Å². The van der Waals surface area contributed by atoms with Crippen molar-refractivity contribution in [1.82, 2.24) is 9.13 Å². The van der Waals surface area contributed by atoms with Crippen LogP contribution in [0, 0.1) is 0 Å². The number of nitrogens with one attached hydrogen (secondary N) is 1. The Morgan fingerprint density at radius 2 is 1.15 bits per heavy atom. The van der Waals surface area contributed by atoms with Gasteiger partial charge in [0.2, 0.25) is 0 Å². The van der Waals surface area contributed by atoms with Gasteiger partial charge in [-0.05, 0) is 157 Å². The maximum Gasteiger partial charge on any atom is 0.145 e. The molecule has 3 heterocycles. The molecule has 8 aromatic carbocycles. The maximum absolute atomic E-state index is 7.60.